The van der Waals surface area contributed by atoms with Crippen LogP contribution in [0.15, 0.2) is 5.38 Å². The van der Waals surface area contributed by atoms with Gasteiger partial charge in [-0.25, -0.2) is 4.98 Å². The summed E-state index contributed by atoms with van der Waals surface area (Å²) in [6.45, 7) is 4.24. The molecule has 0 aromatic carbocycles. The number of hydrogen-bond acceptors (Lipinski definition) is 6. The van der Waals surface area contributed by atoms with Gasteiger partial charge >= 0.3 is 0 Å². The normalized spacial score (nSPS) is 16.9. The Bertz CT molecular complexity index is 567. The highest BCUT2D eigenvalue weighted by Crippen LogP contribution is 2.41. The van der Waals surface area contributed by atoms with Crippen LogP contribution in [0.2, 0.25) is 0 Å². The Hall–Kier alpha value is -1.14. The summed E-state index contributed by atoms with van der Waals surface area (Å²) in [6.07, 6.45) is 6.55. The van der Waals surface area contributed by atoms with E-state index in [4.69, 9.17) is 5.73 Å². The molecule has 0 aliphatic carbocycles. The van der Waals surface area contributed by atoms with Gasteiger partial charge in [-0.15, -0.1) is 11.3 Å². The third-order valence-electron chi connectivity index (χ3n) is 3.68. The van der Waals surface area contributed by atoms with Gasteiger partial charge in [0.05, 0.1) is 5.56 Å². The van der Waals surface area contributed by atoms with Crippen LogP contribution in [0.3, 0.4) is 0 Å². The zero-order valence-electron chi connectivity index (χ0n) is 11.8. The van der Waals surface area contributed by atoms with Crippen molar-refractivity contribution in [1.29, 1.82) is 0 Å². The molecule has 1 aliphatic rings. The standard InChI is InChI=1S/C14H20N4S2/c1-10-9-19-13(16-10)11-12(15)17-20-14(11)18-7-5-3-2-4-6-8-18/h9H,2-8H2,1H3,(H2,15,17). The van der Waals surface area contributed by atoms with Gasteiger partial charge in [0.25, 0.3) is 0 Å². The molecular formula is C14H20N4S2. The molecule has 3 heterocycles. The van der Waals surface area contributed by atoms with Crippen LogP contribution in [0.25, 0.3) is 10.6 Å². The molecule has 2 N–H and O–H groups in total. The summed E-state index contributed by atoms with van der Waals surface area (Å²) in [7, 11) is 0. The molecule has 3 rings (SSSR count). The maximum absolute atomic E-state index is 6.10. The first-order valence-electron chi connectivity index (χ1n) is 7.18. The van der Waals surface area contributed by atoms with Crippen molar-refractivity contribution < 1.29 is 0 Å². The average Bonchev–Trinajstić information content (AvgIpc) is 2.95. The summed E-state index contributed by atoms with van der Waals surface area (Å²) in [6, 6.07) is 0. The molecule has 0 bridgehead atoms. The highest BCUT2D eigenvalue weighted by Gasteiger charge is 2.21. The number of anilines is 2. The fourth-order valence-electron chi connectivity index (χ4n) is 2.63. The number of nitrogens with two attached hydrogens (primary N) is 1. The van der Waals surface area contributed by atoms with Crippen molar-refractivity contribution in [3.05, 3.63) is 11.1 Å². The Morgan fingerprint density at radius 1 is 1.15 bits per heavy atom. The van der Waals surface area contributed by atoms with E-state index >= 15 is 0 Å². The van der Waals surface area contributed by atoms with Gasteiger partial charge in [-0.1, -0.05) is 19.3 Å². The van der Waals surface area contributed by atoms with Gasteiger partial charge in [-0.3, -0.25) is 0 Å². The topological polar surface area (TPSA) is 55.0 Å². The first-order valence-corrected chi connectivity index (χ1v) is 8.83. The molecule has 1 aliphatic heterocycles. The van der Waals surface area contributed by atoms with Crippen LogP contribution in [-0.2, 0) is 0 Å². The van der Waals surface area contributed by atoms with Crippen molar-refractivity contribution in [2.75, 3.05) is 23.7 Å². The summed E-state index contributed by atoms with van der Waals surface area (Å²) in [5.74, 6) is 0.626. The second-order valence-corrected chi connectivity index (χ2v) is 6.91. The van der Waals surface area contributed by atoms with Gasteiger partial charge in [0.15, 0.2) is 0 Å². The molecule has 0 saturated carbocycles. The van der Waals surface area contributed by atoms with Gasteiger partial charge < -0.3 is 10.6 Å². The van der Waals surface area contributed by atoms with E-state index in [1.54, 1.807) is 11.3 Å². The molecule has 2 aromatic heterocycles. The lowest BCUT2D eigenvalue weighted by atomic mass is 10.1. The summed E-state index contributed by atoms with van der Waals surface area (Å²) in [5.41, 5.74) is 8.20. The van der Waals surface area contributed by atoms with E-state index in [1.807, 2.05) is 6.92 Å². The quantitative estimate of drug-likeness (QED) is 0.913. The molecule has 2 aromatic rings. The number of thiazole rings is 1. The van der Waals surface area contributed by atoms with Crippen molar-refractivity contribution in [3.8, 4) is 10.6 Å². The second kappa shape index (κ2) is 6.10. The molecule has 1 saturated heterocycles. The predicted molar refractivity (Wildman–Crippen MR) is 87.7 cm³/mol. The van der Waals surface area contributed by atoms with Gasteiger partial charge in [0.1, 0.15) is 15.8 Å². The number of aromatic nitrogens is 2. The monoisotopic (exact) mass is 308 g/mol. The minimum atomic E-state index is 0.626. The molecule has 1 fully saturated rings. The molecule has 0 radical (unpaired) electrons. The average molecular weight is 308 g/mol. The maximum Gasteiger partial charge on any atom is 0.149 e. The summed E-state index contributed by atoms with van der Waals surface area (Å²) in [4.78, 5) is 7.05. The molecule has 0 unspecified atom stereocenters. The number of nitrogen functional groups attached to an aromatic ring is 1. The predicted octanol–water partition coefficient (Wildman–Crippen LogP) is 3.93. The van der Waals surface area contributed by atoms with E-state index in [2.05, 4.69) is 19.6 Å². The van der Waals surface area contributed by atoms with E-state index in [-0.39, 0.29) is 0 Å². The number of nitrogens with zero attached hydrogens (tertiary/aromatic N) is 3. The van der Waals surface area contributed by atoms with E-state index in [9.17, 15) is 0 Å². The fourth-order valence-corrected chi connectivity index (χ4v) is 4.41. The third-order valence-corrected chi connectivity index (χ3v) is 5.58. The van der Waals surface area contributed by atoms with Gasteiger partial charge in [-0.2, -0.15) is 4.37 Å². The smallest absolute Gasteiger partial charge is 0.149 e. The molecule has 20 heavy (non-hydrogen) atoms. The fraction of sp³-hybridized carbons (Fsp3) is 0.571. The SMILES string of the molecule is Cc1csc(-c2c(N)nsc2N2CCCCCCC2)n1. The zero-order valence-corrected chi connectivity index (χ0v) is 13.4. The van der Waals surface area contributed by atoms with Crippen LogP contribution in [0.1, 0.15) is 37.8 Å². The lowest BCUT2D eigenvalue weighted by Crippen LogP contribution is -2.26. The van der Waals surface area contributed by atoms with Crippen LogP contribution in [0.4, 0.5) is 10.8 Å². The number of hydrogen-bond donors (Lipinski definition) is 1. The number of rotatable bonds is 2. The van der Waals surface area contributed by atoms with Crippen LogP contribution in [0.5, 0.6) is 0 Å². The Kier molecular flexibility index (Phi) is 4.21. The summed E-state index contributed by atoms with van der Waals surface area (Å²) < 4.78 is 4.38. The zero-order chi connectivity index (χ0) is 13.9. The Balaban J connectivity index is 1.93. The van der Waals surface area contributed by atoms with Gasteiger partial charge in [0, 0.05) is 24.2 Å². The van der Waals surface area contributed by atoms with Crippen LogP contribution in [0, 0.1) is 6.92 Å². The molecular weight excluding hydrogens is 288 g/mol. The molecule has 6 heteroatoms. The maximum atomic E-state index is 6.10. The van der Waals surface area contributed by atoms with Crippen LogP contribution in [-0.4, -0.2) is 22.4 Å². The van der Waals surface area contributed by atoms with E-state index in [1.165, 1.54) is 48.6 Å². The Morgan fingerprint density at radius 2 is 1.85 bits per heavy atom. The van der Waals surface area contributed by atoms with E-state index in [0.717, 1.165) is 29.4 Å². The minimum Gasteiger partial charge on any atom is -0.382 e. The highest BCUT2D eigenvalue weighted by atomic mass is 32.1. The van der Waals surface area contributed by atoms with Crippen molar-refractivity contribution >= 4 is 33.7 Å². The van der Waals surface area contributed by atoms with Crippen molar-refractivity contribution in [3.63, 3.8) is 0 Å². The first-order chi connectivity index (χ1) is 9.75. The van der Waals surface area contributed by atoms with E-state index < -0.39 is 0 Å². The van der Waals surface area contributed by atoms with Crippen molar-refractivity contribution in [2.24, 2.45) is 0 Å². The largest absolute Gasteiger partial charge is 0.382 e. The molecule has 0 amide bonds. The molecule has 108 valence electrons. The summed E-state index contributed by atoms with van der Waals surface area (Å²) >= 11 is 3.18. The lowest BCUT2D eigenvalue weighted by Gasteiger charge is -2.25. The lowest BCUT2D eigenvalue weighted by molar-refractivity contribution is 0.558. The molecule has 4 nitrogen and oxygen atoms in total. The first kappa shape index (κ1) is 13.8. The summed E-state index contributed by atoms with van der Waals surface area (Å²) in [5, 5.41) is 4.29. The number of aryl methyl sites for hydroxylation is 1. The Morgan fingerprint density at radius 3 is 2.50 bits per heavy atom. The highest BCUT2D eigenvalue weighted by molar-refractivity contribution is 7.15. The van der Waals surface area contributed by atoms with E-state index in [0.29, 0.717) is 5.82 Å². The van der Waals surface area contributed by atoms with Crippen molar-refractivity contribution in [2.45, 2.75) is 39.0 Å². The minimum absolute atomic E-state index is 0.626. The van der Waals surface area contributed by atoms with Gasteiger partial charge in [0.2, 0.25) is 0 Å². The third kappa shape index (κ3) is 2.81. The Labute approximate surface area is 127 Å². The van der Waals surface area contributed by atoms with Gasteiger partial charge in [-0.05, 0) is 31.3 Å². The molecule has 0 spiro atoms. The van der Waals surface area contributed by atoms with Crippen LogP contribution >= 0.6 is 22.9 Å². The second-order valence-electron chi connectivity index (χ2n) is 5.30. The molecule has 0 atom stereocenters. The van der Waals surface area contributed by atoms with Crippen molar-refractivity contribution in [1.82, 2.24) is 9.36 Å². The van der Waals surface area contributed by atoms with Crippen LogP contribution < -0.4 is 10.6 Å².